The van der Waals surface area contributed by atoms with Crippen LogP contribution in [0.1, 0.15) is 37.4 Å². The van der Waals surface area contributed by atoms with E-state index in [2.05, 4.69) is 10.5 Å². The maximum absolute atomic E-state index is 12.3. The molecule has 0 aromatic heterocycles. The highest BCUT2D eigenvalue weighted by Gasteiger charge is 2.14. The summed E-state index contributed by atoms with van der Waals surface area (Å²) in [6, 6.07) is 19.1. The molecule has 0 atom stereocenters. The van der Waals surface area contributed by atoms with Gasteiger partial charge in [0.05, 0.1) is 32.1 Å². The van der Waals surface area contributed by atoms with E-state index < -0.39 is 5.97 Å². The summed E-state index contributed by atoms with van der Waals surface area (Å²) < 4.78 is 16.1. The SMILES string of the molecule is COc1cc(C=NNC(=O)c2ccc3c(c2)COC3)ccc1OC(=O)c1ccccc1. The van der Waals surface area contributed by atoms with Crippen LogP contribution in [0.2, 0.25) is 0 Å². The van der Waals surface area contributed by atoms with E-state index in [4.69, 9.17) is 14.2 Å². The first-order chi connectivity index (χ1) is 15.1. The van der Waals surface area contributed by atoms with E-state index in [9.17, 15) is 9.59 Å². The molecule has 7 nitrogen and oxygen atoms in total. The molecule has 0 saturated heterocycles. The van der Waals surface area contributed by atoms with Gasteiger partial charge in [0.15, 0.2) is 11.5 Å². The minimum absolute atomic E-state index is 0.290. The first kappa shape index (κ1) is 20.3. The van der Waals surface area contributed by atoms with Crippen LogP contribution in [0, 0.1) is 0 Å². The summed E-state index contributed by atoms with van der Waals surface area (Å²) in [4.78, 5) is 24.6. The first-order valence-electron chi connectivity index (χ1n) is 9.62. The third-order valence-electron chi connectivity index (χ3n) is 4.76. The van der Waals surface area contributed by atoms with Crippen molar-refractivity contribution in [3.8, 4) is 11.5 Å². The highest BCUT2D eigenvalue weighted by atomic mass is 16.6. The average Bonchev–Trinajstić information content (AvgIpc) is 3.28. The third kappa shape index (κ3) is 4.79. The van der Waals surface area contributed by atoms with Gasteiger partial charge in [-0.15, -0.1) is 0 Å². The first-order valence-corrected chi connectivity index (χ1v) is 9.62. The van der Waals surface area contributed by atoms with E-state index in [0.717, 1.165) is 11.1 Å². The van der Waals surface area contributed by atoms with Gasteiger partial charge in [-0.2, -0.15) is 5.10 Å². The summed E-state index contributed by atoms with van der Waals surface area (Å²) in [7, 11) is 1.48. The summed E-state index contributed by atoms with van der Waals surface area (Å²) >= 11 is 0. The maximum Gasteiger partial charge on any atom is 0.343 e. The Labute approximate surface area is 179 Å². The molecule has 0 saturated carbocycles. The van der Waals surface area contributed by atoms with Crippen LogP contribution in [0.25, 0.3) is 0 Å². The van der Waals surface area contributed by atoms with E-state index in [1.54, 1.807) is 48.5 Å². The molecule has 3 aromatic carbocycles. The summed E-state index contributed by atoms with van der Waals surface area (Å²) in [5.74, 6) is -0.130. The minimum Gasteiger partial charge on any atom is -0.493 e. The van der Waals surface area contributed by atoms with Gasteiger partial charge in [-0.25, -0.2) is 10.2 Å². The Bertz CT molecular complexity index is 1140. The molecule has 1 aliphatic heterocycles. The number of nitrogens with zero attached hydrogens (tertiary/aromatic N) is 1. The van der Waals surface area contributed by atoms with Crippen molar-refractivity contribution in [2.45, 2.75) is 13.2 Å². The Morgan fingerprint density at radius 1 is 0.935 bits per heavy atom. The molecule has 1 amide bonds. The van der Waals surface area contributed by atoms with Gasteiger partial charge in [0, 0.05) is 5.56 Å². The molecule has 1 N–H and O–H groups in total. The third-order valence-corrected chi connectivity index (χ3v) is 4.76. The normalized spacial score (nSPS) is 12.4. The minimum atomic E-state index is -0.479. The van der Waals surface area contributed by atoms with E-state index in [0.29, 0.717) is 35.7 Å². The fraction of sp³-hybridized carbons (Fsp3) is 0.125. The van der Waals surface area contributed by atoms with Crippen LogP contribution in [0.15, 0.2) is 71.8 Å². The zero-order valence-corrected chi connectivity index (χ0v) is 16.8. The molecule has 0 bridgehead atoms. The fourth-order valence-corrected chi connectivity index (χ4v) is 3.13. The van der Waals surface area contributed by atoms with Gasteiger partial charge in [-0.3, -0.25) is 4.79 Å². The molecule has 1 heterocycles. The van der Waals surface area contributed by atoms with E-state index >= 15 is 0 Å². The number of ether oxygens (including phenoxy) is 3. The Kier molecular flexibility index (Phi) is 6.05. The van der Waals surface area contributed by atoms with Crippen LogP contribution < -0.4 is 14.9 Å². The second-order valence-electron chi connectivity index (χ2n) is 6.84. The quantitative estimate of drug-likeness (QED) is 0.287. The maximum atomic E-state index is 12.3. The number of hydrazone groups is 1. The van der Waals surface area contributed by atoms with Gasteiger partial charge in [0.2, 0.25) is 0 Å². The van der Waals surface area contributed by atoms with Gasteiger partial charge < -0.3 is 14.2 Å². The topological polar surface area (TPSA) is 86.2 Å². The molecule has 156 valence electrons. The lowest BCUT2D eigenvalue weighted by atomic mass is 10.1. The number of carbonyl (C=O) groups is 2. The van der Waals surface area contributed by atoms with Crippen LogP contribution in [0.3, 0.4) is 0 Å². The van der Waals surface area contributed by atoms with E-state index in [-0.39, 0.29) is 11.7 Å². The zero-order chi connectivity index (χ0) is 21.6. The molecule has 3 aromatic rings. The summed E-state index contributed by atoms with van der Waals surface area (Å²) in [5.41, 5.74) is 6.24. The van der Waals surface area contributed by atoms with E-state index in [1.165, 1.54) is 13.3 Å². The molecule has 1 aliphatic rings. The van der Waals surface area contributed by atoms with Crippen molar-refractivity contribution < 1.29 is 23.8 Å². The lowest BCUT2D eigenvalue weighted by Gasteiger charge is -2.10. The Balaban J connectivity index is 1.41. The monoisotopic (exact) mass is 416 g/mol. The lowest BCUT2D eigenvalue weighted by Crippen LogP contribution is -2.17. The van der Waals surface area contributed by atoms with Crippen molar-refractivity contribution in [2.24, 2.45) is 5.10 Å². The number of amides is 1. The van der Waals surface area contributed by atoms with Crippen molar-refractivity contribution in [3.63, 3.8) is 0 Å². The molecular weight excluding hydrogens is 396 g/mol. The molecule has 4 rings (SSSR count). The predicted molar refractivity (Wildman–Crippen MR) is 114 cm³/mol. The van der Waals surface area contributed by atoms with Crippen LogP contribution in [0.4, 0.5) is 0 Å². The van der Waals surface area contributed by atoms with E-state index in [1.807, 2.05) is 18.2 Å². The number of hydrogen-bond acceptors (Lipinski definition) is 6. The second-order valence-corrected chi connectivity index (χ2v) is 6.84. The van der Waals surface area contributed by atoms with Gasteiger partial charge in [0.1, 0.15) is 0 Å². The van der Waals surface area contributed by atoms with Gasteiger partial charge in [0.25, 0.3) is 5.91 Å². The highest BCUT2D eigenvalue weighted by Crippen LogP contribution is 2.28. The van der Waals surface area contributed by atoms with Crippen molar-refractivity contribution in [2.75, 3.05) is 7.11 Å². The van der Waals surface area contributed by atoms with Crippen LogP contribution in [0.5, 0.6) is 11.5 Å². The highest BCUT2D eigenvalue weighted by molar-refractivity contribution is 5.95. The van der Waals surface area contributed by atoms with Crippen molar-refractivity contribution in [3.05, 3.63) is 94.5 Å². The zero-order valence-electron chi connectivity index (χ0n) is 16.8. The summed E-state index contributed by atoms with van der Waals surface area (Å²) in [6.45, 7) is 1.09. The number of hydrogen-bond donors (Lipinski definition) is 1. The number of nitrogens with one attached hydrogen (secondary N) is 1. The number of carbonyl (C=O) groups excluding carboxylic acids is 2. The second kappa shape index (κ2) is 9.23. The smallest absolute Gasteiger partial charge is 0.343 e. The fourth-order valence-electron chi connectivity index (χ4n) is 3.13. The summed E-state index contributed by atoms with van der Waals surface area (Å²) in [6.07, 6.45) is 1.49. The molecule has 0 aliphatic carbocycles. The molecule has 0 fully saturated rings. The molecule has 31 heavy (non-hydrogen) atoms. The van der Waals surface area contributed by atoms with Gasteiger partial charge in [-0.05, 0) is 59.2 Å². The molecule has 0 radical (unpaired) electrons. The van der Waals surface area contributed by atoms with Gasteiger partial charge in [-0.1, -0.05) is 24.3 Å². The number of methoxy groups -OCH3 is 1. The Morgan fingerprint density at radius 3 is 2.55 bits per heavy atom. The van der Waals surface area contributed by atoms with Gasteiger partial charge >= 0.3 is 5.97 Å². The van der Waals surface area contributed by atoms with Crippen LogP contribution in [-0.4, -0.2) is 25.2 Å². The van der Waals surface area contributed by atoms with Crippen molar-refractivity contribution in [1.82, 2.24) is 5.43 Å². The summed E-state index contributed by atoms with van der Waals surface area (Å²) in [5, 5.41) is 4.01. The Morgan fingerprint density at radius 2 is 1.74 bits per heavy atom. The molecule has 0 spiro atoms. The predicted octanol–water partition coefficient (Wildman–Crippen LogP) is 3.71. The Hall–Kier alpha value is -3.97. The van der Waals surface area contributed by atoms with Crippen LogP contribution >= 0.6 is 0 Å². The molecule has 0 unspecified atom stereocenters. The number of benzene rings is 3. The number of esters is 1. The standard InChI is InChI=1S/C24H20N2O5/c1-29-22-11-16(7-10-21(22)31-24(28)17-5-3-2-4-6-17)13-25-26-23(27)18-8-9-19-14-30-15-20(19)12-18/h2-13H,14-15H2,1H3,(H,26,27). The van der Waals surface area contributed by atoms with Crippen molar-refractivity contribution >= 4 is 18.1 Å². The number of rotatable bonds is 6. The van der Waals surface area contributed by atoms with Crippen LogP contribution in [-0.2, 0) is 18.0 Å². The number of fused-ring (bicyclic) bond motifs is 1. The van der Waals surface area contributed by atoms with Crippen molar-refractivity contribution in [1.29, 1.82) is 0 Å². The molecule has 7 heteroatoms. The largest absolute Gasteiger partial charge is 0.493 e. The lowest BCUT2D eigenvalue weighted by molar-refractivity contribution is 0.0729. The average molecular weight is 416 g/mol. The molecular formula is C24H20N2O5.